The standard InChI is InChI=1S/C20H15ClN2OS/c1-13-3-2-4-14(9-13)10-23-12-22-18-17(11-25-19(18)20(23)24)15-5-7-16(21)8-6-15/h2-9,11-12H,10H2,1H3. The Kier molecular flexibility index (Phi) is 4.15. The highest BCUT2D eigenvalue weighted by atomic mass is 35.5. The zero-order valence-electron chi connectivity index (χ0n) is 13.6. The van der Waals surface area contributed by atoms with Crippen molar-refractivity contribution >= 4 is 33.2 Å². The second kappa shape index (κ2) is 6.47. The van der Waals surface area contributed by atoms with E-state index in [0.717, 1.165) is 22.2 Å². The maximum atomic E-state index is 12.8. The molecule has 0 atom stereocenters. The Balaban J connectivity index is 1.77. The van der Waals surface area contributed by atoms with Crippen molar-refractivity contribution in [3.8, 4) is 11.1 Å². The summed E-state index contributed by atoms with van der Waals surface area (Å²) in [6.07, 6.45) is 1.64. The third-order valence-corrected chi connectivity index (χ3v) is 5.35. The molecule has 0 radical (unpaired) electrons. The monoisotopic (exact) mass is 366 g/mol. The molecule has 0 bridgehead atoms. The Morgan fingerprint density at radius 3 is 2.72 bits per heavy atom. The van der Waals surface area contributed by atoms with E-state index < -0.39 is 0 Å². The predicted molar refractivity (Wildman–Crippen MR) is 105 cm³/mol. The van der Waals surface area contributed by atoms with Crippen LogP contribution in [0.5, 0.6) is 0 Å². The Morgan fingerprint density at radius 2 is 1.96 bits per heavy atom. The summed E-state index contributed by atoms with van der Waals surface area (Å²) < 4.78 is 2.35. The van der Waals surface area contributed by atoms with E-state index >= 15 is 0 Å². The number of rotatable bonds is 3. The maximum absolute atomic E-state index is 12.8. The van der Waals surface area contributed by atoms with E-state index in [0.29, 0.717) is 16.3 Å². The molecule has 0 fully saturated rings. The molecule has 2 aromatic carbocycles. The van der Waals surface area contributed by atoms with Gasteiger partial charge in [-0.2, -0.15) is 0 Å². The van der Waals surface area contributed by atoms with Crippen molar-refractivity contribution in [3.05, 3.63) is 86.7 Å². The number of aromatic nitrogens is 2. The topological polar surface area (TPSA) is 34.9 Å². The molecular weight excluding hydrogens is 352 g/mol. The zero-order valence-corrected chi connectivity index (χ0v) is 15.1. The average molecular weight is 367 g/mol. The Morgan fingerprint density at radius 1 is 1.16 bits per heavy atom. The van der Waals surface area contributed by atoms with Gasteiger partial charge in [-0.05, 0) is 30.2 Å². The van der Waals surface area contributed by atoms with Gasteiger partial charge >= 0.3 is 0 Å². The van der Waals surface area contributed by atoms with Crippen LogP contribution in [0.1, 0.15) is 11.1 Å². The summed E-state index contributed by atoms with van der Waals surface area (Å²) in [5, 5.41) is 2.68. The lowest BCUT2D eigenvalue weighted by atomic mass is 10.1. The van der Waals surface area contributed by atoms with Gasteiger partial charge in [0.2, 0.25) is 0 Å². The smallest absolute Gasteiger partial charge is 0.271 e. The quantitative estimate of drug-likeness (QED) is 0.503. The number of halogens is 1. The van der Waals surface area contributed by atoms with Gasteiger partial charge in [-0.25, -0.2) is 4.98 Å². The van der Waals surface area contributed by atoms with Gasteiger partial charge in [0.25, 0.3) is 5.56 Å². The summed E-state index contributed by atoms with van der Waals surface area (Å²) in [7, 11) is 0. The fourth-order valence-corrected chi connectivity index (χ4v) is 4.00. The van der Waals surface area contributed by atoms with Gasteiger partial charge in [0.05, 0.1) is 18.4 Å². The van der Waals surface area contributed by atoms with Crippen LogP contribution >= 0.6 is 22.9 Å². The predicted octanol–water partition coefficient (Wildman–Crippen LogP) is 5.14. The minimum atomic E-state index is -0.00304. The molecule has 0 amide bonds. The van der Waals surface area contributed by atoms with Gasteiger partial charge < -0.3 is 0 Å². The second-order valence-electron chi connectivity index (χ2n) is 6.00. The van der Waals surface area contributed by atoms with Crippen molar-refractivity contribution in [2.75, 3.05) is 0 Å². The Bertz CT molecular complexity index is 1110. The van der Waals surface area contributed by atoms with E-state index in [2.05, 4.69) is 11.1 Å². The fraction of sp³-hybridized carbons (Fsp3) is 0.100. The van der Waals surface area contributed by atoms with E-state index in [4.69, 9.17) is 11.6 Å². The van der Waals surface area contributed by atoms with E-state index in [1.54, 1.807) is 10.9 Å². The molecule has 0 saturated heterocycles. The first-order valence-corrected chi connectivity index (χ1v) is 9.16. The van der Waals surface area contributed by atoms with E-state index in [9.17, 15) is 4.79 Å². The molecule has 4 aromatic rings. The highest BCUT2D eigenvalue weighted by molar-refractivity contribution is 7.17. The number of fused-ring (bicyclic) bond motifs is 1. The highest BCUT2D eigenvalue weighted by Gasteiger charge is 2.12. The molecule has 25 heavy (non-hydrogen) atoms. The van der Waals surface area contributed by atoms with Crippen LogP contribution in [0.4, 0.5) is 0 Å². The summed E-state index contributed by atoms with van der Waals surface area (Å²) >= 11 is 7.40. The zero-order chi connectivity index (χ0) is 17.4. The lowest BCUT2D eigenvalue weighted by molar-refractivity contribution is 0.749. The maximum Gasteiger partial charge on any atom is 0.271 e. The van der Waals surface area contributed by atoms with Gasteiger partial charge in [-0.15, -0.1) is 11.3 Å². The molecule has 0 saturated carbocycles. The molecule has 0 aliphatic carbocycles. The van der Waals surface area contributed by atoms with Crippen LogP contribution in [-0.4, -0.2) is 9.55 Å². The lowest BCUT2D eigenvalue weighted by Crippen LogP contribution is -2.20. The van der Waals surface area contributed by atoms with Crippen molar-refractivity contribution in [3.63, 3.8) is 0 Å². The van der Waals surface area contributed by atoms with Crippen molar-refractivity contribution in [2.45, 2.75) is 13.5 Å². The normalized spacial score (nSPS) is 11.1. The molecule has 0 aliphatic heterocycles. The van der Waals surface area contributed by atoms with Gasteiger partial charge in [0, 0.05) is 16.0 Å². The molecule has 0 spiro atoms. The second-order valence-corrected chi connectivity index (χ2v) is 7.32. The fourth-order valence-electron chi connectivity index (χ4n) is 2.90. The van der Waals surface area contributed by atoms with Crippen LogP contribution < -0.4 is 5.56 Å². The Labute approximate surface area is 154 Å². The summed E-state index contributed by atoms with van der Waals surface area (Å²) in [6, 6.07) is 15.8. The van der Waals surface area contributed by atoms with E-state index in [1.807, 2.05) is 54.8 Å². The van der Waals surface area contributed by atoms with Gasteiger partial charge in [-0.3, -0.25) is 9.36 Å². The van der Waals surface area contributed by atoms with E-state index in [1.165, 1.54) is 16.9 Å². The van der Waals surface area contributed by atoms with Crippen molar-refractivity contribution in [1.29, 1.82) is 0 Å². The molecule has 0 aliphatic rings. The third-order valence-electron chi connectivity index (χ3n) is 4.14. The molecule has 2 heterocycles. The highest BCUT2D eigenvalue weighted by Crippen LogP contribution is 2.31. The lowest BCUT2D eigenvalue weighted by Gasteiger charge is -2.07. The number of thiophene rings is 1. The van der Waals surface area contributed by atoms with Crippen molar-refractivity contribution in [2.24, 2.45) is 0 Å². The largest absolute Gasteiger partial charge is 0.294 e. The number of benzene rings is 2. The van der Waals surface area contributed by atoms with Crippen LogP contribution in [0.15, 0.2) is 65.0 Å². The number of nitrogens with zero attached hydrogens (tertiary/aromatic N) is 2. The molecule has 0 unspecified atom stereocenters. The first-order valence-electron chi connectivity index (χ1n) is 7.90. The molecule has 0 N–H and O–H groups in total. The molecular formula is C20H15ClN2OS. The molecule has 4 rings (SSSR count). The van der Waals surface area contributed by atoms with Crippen LogP contribution in [0.25, 0.3) is 21.3 Å². The molecule has 2 aromatic heterocycles. The number of aryl methyl sites for hydroxylation is 1. The summed E-state index contributed by atoms with van der Waals surface area (Å²) in [5.41, 5.74) is 5.00. The first-order chi connectivity index (χ1) is 12.1. The minimum absolute atomic E-state index is 0.00304. The summed E-state index contributed by atoms with van der Waals surface area (Å²) in [6.45, 7) is 2.57. The Hall–Kier alpha value is -2.43. The summed E-state index contributed by atoms with van der Waals surface area (Å²) in [5.74, 6) is 0. The summed E-state index contributed by atoms with van der Waals surface area (Å²) in [4.78, 5) is 17.4. The SMILES string of the molecule is Cc1cccc(Cn2cnc3c(-c4ccc(Cl)cc4)csc3c2=O)c1. The van der Waals surface area contributed by atoms with Crippen molar-refractivity contribution in [1.82, 2.24) is 9.55 Å². The molecule has 3 nitrogen and oxygen atoms in total. The third kappa shape index (κ3) is 3.11. The van der Waals surface area contributed by atoms with Gasteiger partial charge in [0.15, 0.2) is 0 Å². The minimum Gasteiger partial charge on any atom is -0.294 e. The van der Waals surface area contributed by atoms with Crippen LogP contribution in [0.3, 0.4) is 0 Å². The number of hydrogen-bond acceptors (Lipinski definition) is 3. The van der Waals surface area contributed by atoms with Crippen LogP contribution in [0.2, 0.25) is 5.02 Å². The first kappa shape index (κ1) is 16.1. The van der Waals surface area contributed by atoms with Crippen LogP contribution in [0, 0.1) is 6.92 Å². The van der Waals surface area contributed by atoms with Crippen molar-refractivity contribution < 1.29 is 0 Å². The average Bonchev–Trinajstić information content (AvgIpc) is 3.03. The molecule has 5 heteroatoms. The van der Waals surface area contributed by atoms with Gasteiger partial charge in [-0.1, -0.05) is 53.6 Å². The van der Waals surface area contributed by atoms with Gasteiger partial charge in [0.1, 0.15) is 4.70 Å². The molecule has 124 valence electrons. The van der Waals surface area contributed by atoms with Crippen LogP contribution in [-0.2, 0) is 6.54 Å². The van der Waals surface area contributed by atoms with E-state index in [-0.39, 0.29) is 5.56 Å². The number of hydrogen-bond donors (Lipinski definition) is 0.